The number of amides is 1. The SMILES string of the molecule is CN(C)c1ccc(C2=NOC(CN(Cc3cccc(C(F)(F)F)c3)C(=O)C3CC3)C2)cc1. The first-order chi connectivity index (χ1) is 15.2. The molecule has 4 rings (SSSR count). The Balaban J connectivity index is 1.43. The molecule has 1 unspecified atom stereocenters. The zero-order valence-electron chi connectivity index (χ0n) is 18.1. The van der Waals surface area contributed by atoms with Crippen LogP contribution in [-0.4, -0.2) is 43.3 Å². The Kier molecular flexibility index (Phi) is 6.13. The van der Waals surface area contributed by atoms with Crippen LogP contribution in [0.15, 0.2) is 53.7 Å². The highest BCUT2D eigenvalue weighted by Gasteiger charge is 2.36. The van der Waals surface area contributed by atoms with Crippen molar-refractivity contribution < 1.29 is 22.8 Å². The molecule has 1 fully saturated rings. The van der Waals surface area contributed by atoms with Gasteiger partial charge in [-0.15, -0.1) is 0 Å². The van der Waals surface area contributed by atoms with E-state index in [1.54, 1.807) is 11.0 Å². The highest BCUT2D eigenvalue weighted by atomic mass is 19.4. The molecule has 0 N–H and O–H groups in total. The predicted molar refractivity (Wildman–Crippen MR) is 116 cm³/mol. The van der Waals surface area contributed by atoms with E-state index in [2.05, 4.69) is 5.16 Å². The van der Waals surface area contributed by atoms with Crippen molar-refractivity contribution >= 4 is 17.3 Å². The minimum Gasteiger partial charge on any atom is -0.390 e. The van der Waals surface area contributed by atoms with Crippen LogP contribution in [0, 0.1) is 5.92 Å². The van der Waals surface area contributed by atoms with E-state index in [0.29, 0.717) is 12.0 Å². The van der Waals surface area contributed by atoms with Gasteiger partial charge in [0.25, 0.3) is 0 Å². The summed E-state index contributed by atoms with van der Waals surface area (Å²) in [6.45, 7) is 0.403. The number of hydrogen-bond acceptors (Lipinski definition) is 4. The third-order valence-electron chi connectivity index (χ3n) is 5.74. The van der Waals surface area contributed by atoms with Crippen molar-refractivity contribution in [3.63, 3.8) is 0 Å². The van der Waals surface area contributed by atoms with Gasteiger partial charge in [-0.05, 0) is 48.2 Å². The first-order valence-corrected chi connectivity index (χ1v) is 10.7. The number of rotatable bonds is 7. The molecule has 0 spiro atoms. The quantitative estimate of drug-likeness (QED) is 0.621. The van der Waals surface area contributed by atoms with Crippen LogP contribution in [0.25, 0.3) is 0 Å². The lowest BCUT2D eigenvalue weighted by atomic mass is 10.0. The Hall–Kier alpha value is -3.03. The fourth-order valence-electron chi connectivity index (χ4n) is 3.78. The standard InChI is InChI=1S/C24H26F3N3O2/c1-29(2)20-10-8-17(9-11-20)22-13-21(32-28-22)15-30(23(31)18-6-7-18)14-16-4-3-5-19(12-16)24(25,26)27/h3-5,8-12,18,21H,6-7,13-15H2,1-2H3. The number of hydrogen-bond donors (Lipinski definition) is 0. The summed E-state index contributed by atoms with van der Waals surface area (Å²) >= 11 is 0. The van der Waals surface area contributed by atoms with E-state index in [1.165, 1.54) is 6.07 Å². The van der Waals surface area contributed by atoms with Crippen molar-refractivity contribution in [1.29, 1.82) is 0 Å². The van der Waals surface area contributed by atoms with Gasteiger partial charge in [-0.2, -0.15) is 13.2 Å². The summed E-state index contributed by atoms with van der Waals surface area (Å²) in [6, 6.07) is 13.1. The van der Waals surface area contributed by atoms with E-state index >= 15 is 0 Å². The van der Waals surface area contributed by atoms with E-state index in [9.17, 15) is 18.0 Å². The van der Waals surface area contributed by atoms with Crippen LogP contribution < -0.4 is 4.90 Å². The van der Waals surface area contributed by atoms with E-state index in [0.717, 1.165) is 41.9 Å². The highest BCUT2D eigenvalue weighted by Crippen LogP contribution is 2.33. The van der Waals surface area contributed by atoms with Crippen LogP contribution in [0.1, 0.15) is 36.0 Å². The normalized spacial score (nSPS) is 18.2. The van der Waals surface area contributed by atoms with E-state index in [4.69, 9.17) is 4.84 Å². The van der Waals surface area contributed by atoms with E-state index in [-0.39, 0.29) is 31.0 Å². The molecular formula is C24H26F3N3O2. The number of carbonyl (C=O) groups excluding carboxylic acids is 1. The Labute approximate surface area is 185 Å². The van der Waals surface area contributed by atoms with Crippen LogP contribution in [0.4, 0.5) is 18.9 Å². The van der Waals surface area contributed by atoms with Gasteiger partial charge in [0, 0.05) is 38.7 Å². The lowest BCUT2D eigenvalue weighted by Crippen LogP contribution is -2.38. The van der Waals surface area contributed by atoms with Gasteiger partial charge in [-0.3, -0.25) is 4.79 Å². The molecule has 2 aliphatic rings. The summed E-state index contributed by atoms with van der Waals surface area (Å²) in [5.74, 6) is -0.0732. The molecule has 2 aromatic carbocycles. The summed E-state index contributed by atoms with van der Waals surface area (Å²) in [5.41, 5.74) is 2.58. The van der Waals surface area contributed by atoms with Gasteiger partial charge in [0.05, 0.1) is 17.8 Å². The van der Waals surface area contributed by atoms with Gasteiger partial charge in [-0.1, -0.05) is 29.4 Å². The van der Waals surface area contributed by atoms with Gasteiger partial charge in [-0.25, -0.2) is 0 Å². The third kappa shape index (κ3) is 5.23. The molecule has 1 saturated carbocycles. The smallest absolute Gasteiger partial charge is 0.390 e. The number of alkyl halides is 3. The second-order valence-electron chi connectivity index (χ2n) is 8.60. The molecule has 0 saturated heterocycles. The van der Waals surface area contributed by atoms with E-state index in [1.807, 2.05) is 43.3 Å². The van der Waals surface area contributed by atoms with Gasteiger partial charge >= 0.3 is 6.18 Å². The van der Waals surface area contributed by atoms with Gasteiger partial charge < -0.3 is 14.6 Å². The molecule has 8 heteroatoms. The average Bonchev–Trinajstić information content (AvgIpc) is 3.51. The Bertz CT molecular complexity index is 998. The fourth-order valence-corrected chi connectivity index (χ4v) is 3.78. The second kappa shape index (κ2) is 8.84. The molecule has 1 amide bonds. The van der Waals surface area contributed by atoms with Crippen LogP contribution in [-0.2, 0) is 22.4 Å². The van der Waals surface area contributed by atoms with Crippen LogP contribution in [0.2, 0.25) is 0 Å². The number of halogens is 3. The number of benzene rings is 2. The molecule has 5 nitrogen and oxygen atoms in total. The molecule has 0 bridgehead atoms. The molecule has 1 atom stereocenters. The Morgan fingerprint density at radius 2 is 1.84 bits per heavy atom. The van der Waals surface area contributed by atoms with Crippen molar-refractivity contribution in [1.82, 2.24) is 4.90 Å². The van der Waals surface area contributed by atoms with Gasteiger partial charge in [0.15, 0.2) is 6.10 Å². The van der Waals surface area contributed by atoms with Crippen molar-refractivity contribution in [2.45, 2.75) is 38.1 Å². The molecule has 170 valence electrons. The molecule has 0 aromatic heterocycles. The Morgan fingerprint density at radius 1 is 1.12 bits per heavy atom. The predicted octanol–water partition coefficient (Wildman–Crippen LogP) is 4.70. The fraction of sp³-hybridized carbons (Fsp3) is 0.417. The molecule has 2 aromatic rings. The molecule has 32 heavy (non-hydrogen) atoms. The minimum absolute atomic E-state index is 0.0326. The largest absolute Gasteiger partial charge is 0.416 e. The van der Waals surface area contributed by atoms with Crippen molar-refractivity contribution in [2.24, 2.45) is 11.1 Å². The topological polar surface area (TPSA) is 45.1 Å². The number of anilines is 1. The molecule has 1 aliphatic carbocycles. The Morgan fingerprint density at radius 3 is 2.47 bits per heavy atom. The van der Waals surface area contributed by atoms with Crippen molar-refractivity contribution in [3.8, 4) is 0 Å². The van der Waals surface area contributed by atoms with E-state index < -0.39 is 11.7 Å². The zero-order chi connectivity index (χ0) is 22.9. The maximum atomic E-state index is 13.1. The summed E-state index contributed by atoms with van der Waals surface area (Å²) in [4.78, 5) is 22.1. The summed E-state index contributed by atoms with van der Waals surface area (Å²) < 4.78 is 39.3. The number of nitrogens with zero attached hydrogens (tertiary/aromatic N) is 3. The molecule has 1 aliphatic heterocycles. The lowest BCUT2D eigenvalue weighted by molar-refractivity contribution is -0.137. The minimum atomic E-state index is -4.42. The zero-order valence-corrected chi connectivity index (χ0v) is 18.1. The summed E-state index contributed by atoms with van der Waals surface area (Å²) in [6.07, 6.45) is -2.56. The first-order valence-electron chi connectivity index (χ1n) is 10.7. The maximum Gasteiger partial charge on any atom is 0.416 e. The molecule has 0 radical (unpaired) electrons. The number of oxime groups is 1. The average molecular weight is 445 g/mol. The van der Waals surface area contributed by atoms with Crippen LogP contribution in [0.5, 0.6) is 0 Å². The lowest BCUT2D eigenvalue weighted by Gasteiger charge is -2.25. The van der Waals surface area contributed by atoms with Crippen LogP contribution >= 0.6 is 0 Å². The van der Waals surface area contributed by atoms with Crippen molar-refractivity contribution in [3.05, 3.63) is 65.2 Å². The monoisotopic (exact) mass is 445 g/mol. The van der Waals surface area contributed by atoms with Gasteiger partial charge in [0.1, 0.15) is 0 Å². The highest BCUT2D eigenvalue weighted by molar-refractivity contribution is 6.01. The summed E-state index contributed by atoms with van der Waals surface area (Å²) in [7, 11) is 3.94. The van der Waals surface area contributed by atoms with Gasteiger partial charge in [0.2, 0.25) is 5.91 Å². The first kappa shape index (κ1) is 22.2. The second-order valence-corrected chi connectivity index (χ2v) is 8.60. The van der Waals surface area contributed by atoms with Crippen molar-refractivity contribution in [2.75, 3.05) is 25.5 Å². The van der Waals surface area contributed by atoms with Crippen LogP contribution in [0.3, 0.4) is 0 Å². The summed E-state index contributed by atoms with van der Waals surface area (Å²) in [5, 5.41) is 4.20. The molecular weight excluding hydrogens is 419 g/mol. The number of carbonyl (C=O) groups is 1. The maximum absolute atomic E-state index is 13.1. The molecule has 1 heterocycles. The third-order valence-corrected chi connectivity index (χ3v) is 5.74.